The van der Waals surface area contributed by atoms with Gasteiger partial charge in [-0.05, 0) is 67.4 Å². The highest BCUT2D eigenvalue weighted by Crippen LogP contribution is 2.61. The molecule has 37 heavy (non-hydrogen) atoms. The summed E-state index contributed by atoms with van der Waals surface area (Å²) in [6.45, 7) is 0.573. The zero-order valence-corrected chi connectivity index (χ0v) is 20.0. The van der Waals surface area contributed by atoms with E-state index in [1.807, 2.05) is 0 Å². The Balaban J connectivity index is 1.58. The third-order valence-electron chi connectivity index (χ3n) is 8.11. The van der Waals surface area contributed by atoms with Gasteiger partial charge in [-0.1, -0.05) is 12.1 Å². The SMILES string of the molecule is COc1ccc(C(=O)C2C(c3ccc([N+](=O)[O-])cc3)C3CCCN3[C@@]23C(=O)Nc2ccc(F)cc23)cc1. The van der Waals surface area contributed by atoms with Gasteiger partial charge in [0.15, 0.2) is 5.78 Å². The number of nitrogens with zero attached hydrogens (tertiary/aromatic N) is 2. The molecule has 0 radical (unpaired) electrons. The molecular formula is C28H24FN3O5. The lowest BCUT2D eigenvalue weighted by molar-refractivity contribution is -0.384. The Morgan fingerprint density at radius 2 is 1.86 bits per heavy atom. The van der Waals surface area contributed by atoms with E-state index < -0.39 is 28.1 Å². The molecule has 3 aliphatic rings. The number of carbonyl (C=O) groups is 2. The monoisotopic (exact) mass is 501 g/mol. The molecule has 3 aliphatic heterocycles. The molecule has 3 aromatic rings. The smallest absolute Gasteiger partial charge is 0.269 e. The molecule has 3 unspecified atom stereocenters. The van der Waals surface area contributed by atoms with E-state index in [1.165, 1.54) is 37.4 Å². The van der Waals surface area contributed by atoms with E-state index in [1.54, 1.807) is 36.4 Å². The van der Waals surface area contributed by atoms with Gasteiger partial charge in [0.1, 0.15) is 17.1 Å². The first-order chi connectivity index (χ1) is 17.9. The normalized spacial score (nSPS) is 26.1. The first-order valence-corrected chi connectivity index (χ1v) is 12.2. The summed E-state index contributed by atoms with van der Waals surface area (Å²) >= 11 is 0. The van der Waals surface area contributed by atoms with Crippen LogP contribution in [0.1, 0.15) is 40.2 Å². The van der Waals surface area contributed by atoms with Crippen LogP contribution < -0.4 is 10.1 Å². The Kier molecular flexibility index (Phi) is 5.34. The van der Waals surface area contributed by atoms with Crippen LogP contribution in [0.3, 0.4) is 0 Å². The minimum atomic E-state index is -1.40. The Morgan fingerprint density at radius 1 is 1.14 bits per heavy atom. The molecule has 3 aromatic carbocycles. The Bertz CT molecular complexity index is 1420. The van der Waals surface area contributed by atoms with E-state index in [4.69, 9.17) is 4.74 Å². The summed E-state index contributed by atoms with van der Waals surface area (Å²) in [7, 11) is 1.54. The van der Waals surface area contributed by atoms with Gasteiger partial charge in [-0.25, -0.2) is 4.39 Å². The number of benzene rings is 3. The molecule has 1 spiro atoms. The van der Waals surface area contributed by atoms with Crippen molar-refractivity contribution in [3.05, 3.63) is 99.4 Å². The second kappa shape index (κ2) is 8.48. The number of hydrogen-bond acceptors (Lipinski definition) is 6. The van der Waals surface area contributed by atoms with Gasteiger partial charge in [0.05, 0.1) is 18.0 Å². The maximum atomic E-state index is 14.6. The van der Waals surface area contributed by atoms with Crippen molar-refractivity contribution in [3.63, 3.8) is 0 Å². The molecule has 0 aromatic heterocycles. The summed E-state index contributed by atoms with van der Waals surface area (Å²) in [6, 6.07) is 16.9. The number of ether oxygens (including phenoxy) is 1. The fourth-order valence-corrected chi connectivity index (χ4v) is 6.66. The van der Waals surface area contributed by atoms with Crippen molar-refractivity contribution in [2.75, 3.05) is 19.0 Å². The molecule has 188 valence electrons. The first kappa shape index (κ1) is 23.3. The highest BCUT2D eigenvalue weighted by Gasteiger charge is 2.69. The maximum Gasteiger partial charge on any atom is 0.269 e. The zero-order chi connectivity index (χ0) is 25.9. The maximum absolute atomic E-state index is 14.6. The van der Waals surface area contributed by atoms with Gasteiger partial charge in [-0.2, -0.15) is 0 Å². The molecular weight excluding hydrogens is 477 g/mol. The van der Waals surface area contributed by atoms with Gasteiger partial charge < -0.3 is 10.1 Å². The molecule has 0 saturated carbocycles. The van der Waals surface area contributed by atoms with Crippen LogP contribution >= 0.6 is 0 Å². The van der Waals surface area contributed by atoms with E-state index in [0.29, 0.717) is 29.1 Å². The largest absolute Gasteiger partial charge is 0.497 e. The number of amides is 1. The highest BCUT2D eigenvalue weighted by atomic mass is 19.1. The number of ketones is 1. The number of fused-ring (bicyclic) bond motifs is 4. The van der Waals surface area contributed by atoms with Crippen molar-refractivity contribution in [2.45, 2.75) is 30.3 Å². The average molecular weight is 502 g/mol. The Morgan fingerprint density at radius 3 is 2.54 bits per heavy atom. The lowest BCUT2D eigenvalue weighted by Crippen LogP contribution is -2.52. The van der Waals surface area contributed by atoms with E-state index in [-0.39, 0.29) is 23.4 Å². The minimum Gasteiger partial charge on any atom is -0.497 e. The Hall–Kier alpha value is -4.11. The fourth-order valence-electron chi connectivity index (χ4n) is 6.66. The Labute approximate surface area is 212 Å². The number of non-ortho nitro benzene ring substituents is 1. The minimum absolute atomic E-state index is 0.0520. The van der Waals surface area contributed by atoms with Crippen molar-refractivity contribution in [1.29, 1.82) is 0 Å². The second-order valence-corrected chi connectivity index (χ2v) is 9.76. The van der Waals surface area contributed by atoms with Crippen LogP contribution in [0.4, 0.5) is 15.8 Å². The number of rotatable bonds is 5. The number of carbonyl (C=O) groups excluding carboxylic acids is 2. The predicted octanol–water partition coefficient (Wildman–Crippen LogP) is 4.65. The number of nitrogens with one attached hydrogen (secondary N) is 1. The molecule has 1 N–H and O–H groups in total. The van der Waals surface area contributed by atoms with Gasteiger partial charge in [0.2, 0.25) is 5.91 Å². The van der Waals surface area contributed by atoms with Crippen LogP contribution in [0.2, 0.25) is 0 Å². The fraction of sp³-hybridized carbons (Fsp3) is 0.286. The first-order valence-electron chi connectivity index (χ1n) is 12.2. The van der Waals surface area contributed by atoms with E-state index in [0.717, 1.165) is 18.4 Å². The van der Waals surface area contributed by atoms with Crippen LogP contribution in [0.25, 0.3) is 0 Å². The zero-order valence-electron chi connectivity index (χ0n) is 20.0. The number of Topliss-reactive ketones (excluding diaryl/α,β-unsaturated/α-hetero) is 1. The number of halogens is 1. The molecule has 4 atom stereocenters. The van der Waals surface area contributed by atoms with Crippen molar-refractivity contribution >= 4 is 23.1 Å². The number of hydrogen-bond donors (Lipinski definition) is 1. The van der Waals surface area contributed by atoms with E-state index >= 15 is 0 Å². The number of anilines is 1. The molecule has 0 bridgehead atoms. The van der Waals surface area contributed by atoms with Gasteiger partial charge in [-0.3, -0.25) is 24.6 Å². The summed E-state index contributed by atoms with van der Waals surface area (Å²) in [5.41, 5.74) is 0.653. The van der Waals surface area contributed by atoms with Crippen LogP contribution in [0.15, 0.2) is 66.7 Å². The van der Waals surface area contributed by atoms with Crippen LogP contribution in [-0.4, -0.2) is 41.2 Å². The molecule has 1 amide bonds. The van der Waals surface area contributed by atoms with Crippen LogP contribution in [0.5, 0.6) is 5.75 Å². The van der Waals surface area contributed by atoms with E-state index in [2.05, 4.69) is 10.2 Å². The van der Waals surface area contributed by atoms with Crippen molar-refractivity contribution in [1.82, 2.24) is 4.90 Å². The number of nitro groups is 1. The lowest BCUT2D eigenvalue weighted by atomic mass is 9.68. The van der Waals surface area contributed by atoms with Gasteiger partial charge in [0.25, 0.3) is 5.69 Å². The van der Waals surface area contributed by atoms with Gasteiger partial charge in [-0.15, -0.1) is 0 Å². The van der Waals surface area contributed by atoms with Crippen LogP contribution in [0, 0.1) is 21.8 Å². The highest BCUT2D eigenvalue weighted by molar-refractivity contribution is 6.12. The van der Waals surface area contributed by atoms with Crippen LogP contribution in [-0.2, 0) is 10.3 Å². The second-order valence-electron chi connectivity index (χ2n) is 9.76. The standard InChI is InChI=1S/C28H24FN3O5/c1-37-20-11-6-17(7-12-20)26(33)25-24(16-4-9-19(10-5-16)32(35)36)23-3-2-14-31(23)28(25)21-15-18(29)8-13-22(21)30-27(28)34/h4-13,15,23-25H,2-3,14H2,1H3,(H,30,34)/t23?,24?,25?,28-/m1/s1. The number of methoxy groups -OCH3 is 1. The predicted molar refractivity (Wildman–Crippen MR) is 133 cm³/mol. The lowest BCUT2D eigenvalue weighted by Gasteiger charge is -2.36. The van der Waals surface area contributed by atoms with E-state index in [9.17, 15) is 24.1 Å². The summed E-state index contributed by atoms with van der Waals surface area (Å²) in [6.07, 6.45) is 1.56. The summed E-state index contributed by atoms with van der Waals surface area (Å²) in [5.74, 6) is -1.80. The summed E-state index contributed by atoms with van der Waals surface area (Å²) in [4.78, 5) is 41.2. The summed E-state index contributed by atoms with van der Waals surface area (Å²) < 4.78 is 19.9. The third kappa shape index (κ3) is 3.30. The summed E-state index contributed by atoms with van der Waals surface area (Å²) in [5, 5.41) is 14.2. The molecule has 6 rings (SSSR count). The van der Waals surface area contributed by atoms with Gasteiger partial charge in [0, 0.05) is 40.9 Å². The topological polar surface area (TPSA) is 102 Å². The molecule has 3 heterocycles. The molecule has 9 heteroatoms. The van der Waals surface area contributed by atoms with Crippen molar-refractivity contribution in [2.24, 2.45) is 5.92 Å². The average Bonchev–Trinajstić information content (AvgIpc) is 3.57. The molecule has 0 aliphatic carbocycles. The molecule has 2 saturated heterocycles. The molecule has 8 nitrogen and oxygen atoms in total. The van der Waals surface area contributed by atoms with Crippen molar-refractivity contribution in [3.8, 4) is 5.75 Å². The quantitative estimate of drug-likeness (QED) is 0.310. The third-order valence-corrected chi connectivity index (χ3v) is 8.11. The number of nitro benzene ring substituents is 1. The van der Waals surface area contributed by atoms with Crippen molar-refractivity contribution < 1.29 is 23.6 Å². The molecule has 2 fully saturated rings. The van der Waals surface area contributed by atoms with Gasteiger partial charge >= 0.3 is 0 Å².